The molecule has 2 heteroatoms. The largest absolute Gasteiger partial charge is 0.401 e. The Balaban J connectivity index is 4.24. The predicted octanol–water partition coefficient (Wildman–Crippen LogP) is 1.78. The van der Waals surface area contributed by atoms with E-state index in [1.165, 1.54) is 0 Å². The number of hydrogen-bond acceptors (Lipinski definition) is 2. The van der Waals surface area contributed by atoms with E-state index in [1.54, 1.807) is 0 Å². The van der Waals surface area contributed by atoms with Crippen LogP contribution in [-0.4, -0.2) is 5.54 Å². The first-order valence-electron chi connectivity index (χ1n) is 4.16. The van der Waals surface area contributed by atoms with E-state index in [-0.39, 0.29) is 0 Å². The van der Waals surface area contributed by atoms with Crippen LogP contribution in [0.4, 0.5) is 0 Å². The van der Waals surface area contributed by atoms with Gasteiger partial charge in [0.2, 0.25) is 0 Å². The zero-order chi connectivity index (χ0) is 9.94. The molecule has 12 heavy (non-hydrogen) atoms. The van der Waals surface area contributed by atoms with Crippen LogP contribution >= 0.6 is 0 Å². The molecule has 0 spiro atoms. The monoisotopic (exact) mass is 168 g/mol. The average molecular weight is 168 g/mol. The number of nitrogens with two attached hydrogens (primary N) is 2. The van der Waals surface area contributed by atoms with Crippen LogP contribution < -0.4 is 11.5 Å². The molecule has 2 unspecified atom stereocenters. The topological polar surface area (TPSA) is 52.0 Å². The molecule has 0 rings (SSSR count). The Morgan fingerprint density at radius 3 is 2.17 bits per heavy atom. The first-order valence-corrected chi connectivity index (χ1v) is 4.16. The van der Waals surface area contributed by atoms with Gasteiger partial charge in [0.05, 0.1) is 5.54 Å². The molecule has 0 fully saturated rings. The smallest absolute Gasteiger partial charge is 0.0527 e. The second kappa shape index (κ2) is 3.76. The predicted molar refractivity (Wildman–Crippen MR) is 54.5 cm³/mol. The zero-order valence-corrected chi connectivity index (χ0v) is 8.35. The minimum Gasteiger partial charge on any atom is -0.401 e. The Kier molecular flexibility index (Phi) is 3.53. The molecule has 0 radical (unpaired) electrons. The van der Waals surface area contributed by atoms with Gasteiger partial charge in [-0.25, -0.2) is 0 Å². The fourth-order valence-electron chi connectivity index (χ4n) is 0.941. The Morgan fingerprint density at radius 1 is 1.50 bits per heavy atom. The van der Waals surface area contributed by atoms with E-state index in [1.807, 2.05) is 13.8 Å². The van der Waals surface area contributed by atoms with Gasteiger partial charge in [-0.1, -0.05) is 25.7 Å². The van der Waals surface area contributed by atoms with Crippen LogP contribution in [0, 0.1) is 5.92 Å². The van der Waals surface area contributed by atoms with Crippen LogP contribution in [0.2, 0.25) is 0 Å². The van der Waals surface area contributed by atoms with Crippen LogP contribution in [0.5, 0.6) is 0 Å². The molecule has 0 aromatic rings. The molecule has 2 nitrogen and oxygen atoms in total. The SMILES string of the molecule is C=C(C)C(C)CC(C)(N)C(=C)N. The van der Waals surface area contributed by atoms with Crippen LogP contribution in [0.1, 0.15) is 27.2 Å². The van der Waals surface area contributed by atoms with Crippen molar-refractivity contribution >= 4 is 0 Å². The molecule has 2 atom stereocenters. The lowest BCUT2D eigenvalue weighted by molar-refractivity contribution is 0.431. The standard InChI is InChI=1S/C10H20N2/c1-7(2)8(3)6-10(5,12)9(4)11/h8H,1,4,6,11-12H2,2-3,5H3. The molecule has 0 heterocycles. The van der Waals surface area contributed by atoms with Crippen molar-refractivity contribution in [2.45, 2.75) is 32.7 Å². The molecule has 0 aliphatic heterocycles. The third kappa shape index (κ3) is 3.09. The summed E-state index contributed by atoms with van der Waals surface area (Å²) in [5.41, 5.74) is 12.7. The molecule has 0 amide bonds. The highest BCUT2D eigenvalue weighted by Gasteiger charge is 2.23. The van der Waals surface area contributed by atoms with Crippen molar-refractivity contribution in [2.75, 3.05) is 0 Å². The summed E-state index contributed by atoms with van der Waals surface area (Å²) in [6.07, 6.45) is 0.803. The molecule has 4 N–H and O–H groups in total. The van der Waals surface area contributed by atoms with Gasteiger partial charge in [-0.15, -0.1) is 0 Å². The lowest BCUT2D eigenvalue weighted by Gasteiger charge is -2.28. The molecule has 70 valence electrons. The summed E-state index contributed by atoms with van der Waals surface area (Å²) >= 11 is 0. The van der Waals surface area contributed by atoms with Crippen LogP contribution in [0.3, 0.4) is 0 Å². The van der Waals surface area contributed by atoms with Gasteiger partial charge in [0.25, 0.3) is 0 Å². The van der Waals surface area contributed by atoms with Gasteiger partial charge in [0, 0.05) is 5.70 Å². The van der Waals surface area contributed by atoms with E-state index in [0.29, 0.717) is 11.6 Å². The quantitative estimate of drug-likeness (QED) is 0.629. The van der Waals surface area contributed by atoms with Crippen LogP contribution in [0.25, 0.3) is 0 Å². The summed E-state index contributed by atoms with van der Waals surface area (Å²) in [5, 5.41) is 0. The summed E-state index contributed by atoms with van der Waals surface area (Å²) in [6, 6.07) is 0. The Labute approximate surface area is 75.3 Å². The Bertz CT molecular complexity index is 192. The van der Waals surface area contributed by atoms with Crippen molar-refractivity contribution in [3.8, 4) is 0 Å². The maximum atomic E-state index is 5.93. The zero-order valence-electron chi connectivity index (χ0n) is 8.35. The van der Waals surface area contributed by atoms with Crippen molar-refractivity contribution in [2.24, 2.45) is 17.4 Å². The van der Waals surface area contributed by atoms with Crippen molar-refractivity contribution in [1.82, 2.24) is 0 Å². The molecule has 0 bridgehead atoms. The normalized spacial score (nSPS) is 18.0. The molecule has 0 aromatic heterocycles. The maximum Gasteiger partial charge on any atom is 0.0527 e. The number of rotatable bonds is 4. The van der Waals surface area contributed by atoms with Gasteiger partial charge < -0.3 is 11.5 Å². The number of allylic oxidation sites excluding steroid dienone is 1. The fraction of sp³-hybridized carbons (Fsp3) is 0.600. The highest BCUT2D eigenvalue weighted by Crippen LogP contribution is 2.22. The van der Waals surface area contributed by atoms with Gasteiger partial charge >= 0.3 is 0 Å². The third-order valence-electron chi connectivity index (χ3n) is 2.31. The summed E-state index contributed by atoms with van der Waals surface area (Å²) in [7, 11) is 0. The van der Waals surface area contributed by atoms with Gasteiger partial charge in [-0.3, -0.25) is 0 Å². The minimum absolute atomic E-state index is 0.389. The molecule has 0 aliphatic carbocycles. The summed E-state index contributed by atoms with van der Waals surface area (Å²) < 4.78 is 0. The molecule has 0 saturated carbocycles. The van der Waals surface area contributed by atoms with E-state index >= 15 is 0 Å². The Hall–Kier alpha value is -0.760. The average Bonchev–Trinajstić information content (AvgIpc) is 1.85. The summed E-state index contributed by atoms with van der Waals surface area (Å²) in [5.74, 6) is 0.389. The highest BCUT2D eigenvalue weighted by atomic mass is 14.8. The first kappa shape index (κ1) is 11.2. The van der Waals surface area contributed by atoms with Gasteiger partial charge in [-0.05, 0) is 26.2 Å². The molecule has 0 aromatic carbocycles. The van der Waals surface area contributed by atoms with Gasteiger partial charge in [0.15, 0.2) is 0 Å². The van der Waals surface area contributed by atoms with Gasteiger partial charge in [0.1, 0.15) is 0 Å². The van der Waals surface area contributed by atoms with Crippen LogP contribution in [-0.2, 0) is 0 Å². The summed E-state index contributed by atoms with van der Waals surface area (Å²) in [4.78, 5) is 0. The van der Waals surface area contributed by atoms with Crippen molar-refractivity contribution in [3.05, 3.63) is 24.4 Å². The maximum absolute atomic E-state index is 5.93. The van der Waals surface area contributed by atoms with E-state index in [9.17, 15) is 0 Å². The molecule has 0 saturated heterocycles. The second-order valence-electron chi connectivity index (χ2n) is 3.89. The van der Waals surface area contributed by atoms with E-state index in [2.05, 4.69) is 20.1 Å². The summed E-state index contributed by atoms with van der Waals surface area (Å²) in [6.45, 7) is 13.5. The third-order valence-corrected chi connectivity index (χ3v) is 2.31. The molecular formula is C10H20N2. The van der Waals surface area contributed by atoms with E-state index < -0.39 is 5.54 Å². The van der Waals surface area contributed by atoms with Crippen molar-refractivity contribution in [1.29, 1.82) is 0 Å². The van der Waals surface area contributed by atoms with Crippen LogP contribution in [0.15, 0.2) is 24.4 Å². The second-order valence-corrected chi connectivity index (χ2v) is 3.89. The highest BCUT2D eigenvalue weighted by molar-refractivity contribution is 5.11. The van der Waals surface area contributed by atoms with E-state index in [4.69, 9.17) is 11.5 Å². The first-order chi connectivity index (χ1) is 5.27. The van der Waals surface area contributed by atoms with E-state index in [0.717, 1.165) is 12.0 Å². The minimum atomic E-state index is -0.474. The Morgan fingerprint density at radius 2 is 1.92 bits per heavy atom. The lowest BCUT2D eigenvalue weighted by atomic mass is 9.86. The van der Waals surface area contributed by atoms with Gasteiger partial charge in [-0.2, -0.15) is 0 Å². The van der Waals surface area contributed by atoms with Crippen molar-refractivity contribution in [3.63, 3.8) is 0 Å². The fourth-order valence-corrected chi connectivity index (χ4v) is 0.941. The number of hydrogen-bond donors (Lipinski definition) is 2. The van der Waals surface area contributed by atoms with Crippen molar-refractivity contribution < 1.29 is 0 Å². The lowest BCUT2D eigenvalue weighted by Crippen LogP contribution is -2.42. The molecular weight excluding hydrogens is 148 g/mol. The molecule has 0 aliphatic rings.